The Bertz CT molecular complexity index is 666. The number of rotatable bonds is 4. The van der Waals surface area contributed by atoms with Crippen molar-refractivity contribution in [2.24, 2.45) is 0 Å². The van der Waals surface area contributed by atoms with E-state index in [0.717, 1.165) is 18.5 Å². The molecule has 1 saturated carbocycles. The Kier molecular flexibility index (Phi) is 4.86. The van der Waals surface area contributed by atoms with Crippen molar-refractivity contribution in [2.45, 2.75) is 38.1 Å². The molecular formula is C18H20FN3O. The zero-order valence-electron chi connectivity index (χ0n) is 12.9. The van der Waals surface area contributed by atoms with Crippen LogP contribution in [0.15, 0.2) is 42.7 Å². The summed E-state index contributed by atoms with van der Waals surface area (Å²) in [6, 6.07) is 8.08. The highest BCUT2D eigenvalue weighted by molar-refractivity contribution is 5.95. The van der Waals surface area contributed by atoms with Gasteiger partial charge in [0.15, 0.2) is 0 Å². The minimum absolute atomic E-state index is 0.0906. The van der Waals surface area contributed by atoms with Crippen molar-refractivity contribution in [2.75, 3.05) is 5.32 Å². The standard InChI is InChI=1S/C18H20FN3O/c19-14-6-8-16(9-7-14)21-17-10-13(11-20-12-17)18(23)22-15-4-2-1-3-5-15/h6-12,15,21H,1-5H2,(H,22,23). The van der Waals surface area contributed by atoms with Crippen LogP contribution in [0.1, 0.15) is 42.5 Å². The number of aromatic nitrogens is 1. The van der Waals surface area contributed by atoms with Crippen molar-refractivity contribution in [3.63, 3.8) is 0 Å². The minimum Gasteiger partial charge on any atom is -0.354 e. The molecule has 0 atom stereocenters. The summed E-state index contributed by atoms with van der Waals surface area (Å²) in [5, 5.41) is 6.20. The van der Waals surface area contributed by atoms with Crippen LogP contribution in [0, 0.1) is 5.82 Å². The molecule has 1 aliphatic carbocycles. The predicted molar refractivity (Wildman–Crippen MR) is 88.3 cm³/mol. The van der Waals surface area contributed by atoms with Crippen molar-refractivity contribution >= 4 is 17.3 Å². The molecule has 1 fully saturated rings. The van der Waals surface area contributed by atoms with Gasteiger partial charge in [0.2, 0.25) is 0 Å². The van der Waals surface area contributed by atoms with Crippen LogP contribution in [-0.2, 0) is 0 Å². The fourth-order valence-corrected chi connectivity index (χ4v) is 2.85. The van der Waals surface area contributed by atoms with Gasteiger partial charge < -0.3 is 10.6 Å². The van der Waals surface area contributed by atoms with Gasteiger partial charge in [0.25, 0.3) is 5.91 Å². The van der Waals surface area contributed by atoms with Crippen LogP contribution < -0.4 is 10.6 Å². The number of amides is 1. The van der Waals surface area contributed by atoms with Crippen molar-refractivity contribution in [1.82, 2.24) is 10.3 Å². The van der Waals surface area contributed by atoms with E-state index in [1.807, 2.05) is 0 Å². The van der Waals surface area contributed by atoms with Gasteiger partial charge in [-0.2, -0.15) is 0 Å². The lowest BCUT2D eigenvalue weighted by Gasteiger charge is -2.22. The third-order valence-corrected chi connectivity index (χ3v) is 4.07. The average Bonchev–Trinajstić information content (AvgIpc) is 2.58. The Balaban J connectivity index is 1.66. The van der Waals surface area contributed by atoms with Crippen LogP contribution in [0.5, 0.6) is 0 Å². The number of benzene rings is 1. The summed E-state index contributed by atoms with van der Waals surface area (Å²) < 4.78 is 12.9. The second-order valence-electron chi connectivity index (χ2n) is 5.90. The lowest BCUT2D eigenvalue weighted by atomic mass is 9.95. The number of pyridine rings is 1. The molecule has 5 heteroatoms. The molecule has 1 aliphatic rings. The van der Waals surface area contributed by atoms with Gasteiger partial charge in [0, 0.05) is 17.9 Å². The Morgan fingerprint density at radius 2 is 1.78 bits per heavy atom. The summed E-state index contributed by atoms with van der Waals surface area (Å²) in [6.07, 6.45) is 8.91. The number of carbonyl (C=O) groups excluding carboxylic acids is 1. The molecule has 1 amide bonds. The van der Waals surface area contributed by atoms with Gasteiger partial charge in [-0.15, -0.1) is 0 Å². The van der Waals surface area contributed by atoms with Crippen LogP contribution >= 0.6 is 0 Å². The third kappa shape index (κ3) is 4.28. The molecule has 120 valence electrons. The van der Waals surface area contributed by atoms with Crippen LogP contribution in [0.3, 0.4) is 0 Å². The first-order valence-electron chi connectivity index (χ1n) is 7.99. The van der Waals surface area contributed by atoms with Crippen molar-refractivity contribution in [3.8, 4) is 0 Å². The molecule has 0 aliphatic heterocycles. The largest absolute Gasteiger partial charge is 0.354 e. The number of halogens is 1. The van der Waals surface area contributed by atoms with Gasteiger partial charge in [0.05, 0.1) is 17.4 Å². The number of hydrogen-bond donors (Lipinski definition) is 2. The fraction of sp³-hybridized carbons (Fsp3) is 0.333. The highest BCUT2D eigenvalue weighted by Crippen LogP contribution is 2.19. The number of carbonyl (C=O) groups is 1. The molecule has 4 nitrogen and oxygen atoms in total. The van der Waals surface area contributed by atoms with Gasteiger partial charge in [-0.1, -0.05) is 19.3 Å². The Morgan fingerprint density at radius 3 is 2.52 bits per heavy atom. The van der Waals surface area contributed by atoms with Crippen LogP contribution in [0.25, 0.3) is 0 Å². The summed E-state index contributed by atoms with van der Waals surface area (Å²) in [7, 11) is 0. The number of anilines is 2. The normalized spacial score (nSPS) is 15.2. The van der Waals surface area contributed by atoms with Crippen LogP contribution in [0.2, 0.25) is 0 Å². The maximum Gasteiger partial charge on any atom is 0.253 e. The van der Waals surface area contributed by atoms with Crippen molar-refractivity contribution < 1.29 is 9.18 Å². The molecule has 2 N–H and O–H groups in total. The first-order chi connectivity index (χ1) is 11.2. The lowest BCUT2D eigenvalue weighted by molar-refractivity contribution is 0.0927. The quantitative estimate of drug-likeness (QED) is 0.896. The second-order valence-corrected chi connectivity index (χ2v) is 5.90. The summed E-state index contributed by atoms with van der Waals surface area (Å²) in [4.78, 5) is 16.4. The topological polar surface area (TPSA) is 54.0 Å². The molecule has 1 heterocycles. The molecule has 0 saturated heterocycles. The Labute approximate surface area is 135 Å². The van der Waals surface area contributed by atoms with E-state index in [1.54, 1.807) is 30.6 Å². The van der Waals surface area contributed by atoms with Gasteiger partial charge in [-0.05, 0) is 43.2 Å². The summed E-state index contributed by atoms with van der Waals surface area (Å²) in [6.45, 7) is 0. The van der Waals surface area contributed by atoms with Gasteiger partial charge >= 0.3 is 0 Å². The van der Waals surface area contributed by atoms with E-state index >= 15 is 0 Å². The van der Waals surface area contributed by atoms with Gasteiger partial charge in [-0.3, -0.25) is 9.78 Å². The molecule has 1 aromatic heterocycles. The smallest absolute Gasteiger partial charge is 0.253 e. The van der Waals surface area contributed by atoms with E-state index in [9.17, 15) is 9.18 Å². The average molecular weight is 313 g/mol. The molecule has 23 heavy (non-hydrogen) atoms. The van der Waals surface area contributed by atoms with Gasteiger partial charge in [-0.25, -0.2) is 4.39 Å². The Morgan fingerprint density at radius 1 is 1.04 bits per heavy atom. The van der Waals surface area contributed by atoms with E-state index in [-0.39, 0.29) is 17.8 Å². The Hall–Kier alpha value is -2.43. The first-order valence-corrected chi connectivity index (χ1v) is 7.99. The van der Waals surface area contributed by atoms with Crippen molar-refractivity contribution in [3.05, 3.63) is 54.1 Å². The van der Waals surface area contributed by atoms with E-state index in [0.29, 0.717) is 11.3 Å². The maximum atomic E-state index is 12.9. The van der Waals surface area contributed by atoms with Gasteiger partial charge in [0.1, 0.15) is 5.82 Å². The molecule has 0 bridgehead atoms. The molecule has 0 unspecified atom stereocenters. The van der Waals surface area contributed by atoms with E-state index in [4.69, 9.17) is 0 Å². The maximum absolute atomic E-state index is 12.9. The molecular weight excluding hydrogens is 293 g/mol. The number of nitrogens with one attached hydrogen (secondary N) is 2. The highest BCUT2D eigenvalue weighted by Gasteiger charge is 2.17. The summed E-state index contributed by atoms with van der Waals surface area (Å²) in [5.41, 5.74) is 1.98. The highest BCUT2D eigenvalue weighted by atomic mass is 19.1. The van der Waals surface area contributed by atoms with E-state index in [1.165, 1.54) is 31.4 Å². The van der Waals surface area contributed by atoms with E-state index < -0.39 is 0 Å². The molecule has 1 aromatic carbocycles. The van der Waals surface area contributed by atoms with Crippen molar-refractivity contribution in [1.29, 1.82) is 0 Å². The first kappa shape index (κ1) is 15.5. The minimum atomic E-state index is -0.283. The molecule has 2 aromatic rings. The number of nitrogens with zero attached hydrogens (tertiary/aromatic N) is 1. The summed E-state index contributed by atoms with van der Waals surface area (Å²) in [5.74, 6) is -0.374. The fourth-order valence-electron chi connectivity index (χ4n) is 2.85. The zero-order valence-corrected chi connectivity index (χ0v) is 12.9. The van der Waals surface area contributed by atoms with Crippen LogP contribution in [0.4, 0.5) is 15.8 Å². The number of hydrogen-bond acceptors (Lipinski definition) is 3. The lowest BCUT2D eigenvalue weighted by Crippen LogP contribution is -2.36. The second kappa shape index (κ2) is 7.22. The third-order valence-electron chi connectivity index (χ3n) is 4.07. The SMILES string of the molecule is O=C(NC1CCCCC1)c1cncc(Nc2ccc(F)cc2)c1. The molecule has 3 rings (SSSR count). The molecule has 0 spiro atoms. The monoisotopic (exact) mass is 313 g/mol. The zero-order chi connectivity index (χ0) is 16.1. The van der Waals surface area contributed by atoms with Crippen LogP contribution in [-0.4, -0.2) is 16.9 Å². The molecule has 0 radical (unpaired) electrons. The predicted octanol–water partition coefficient (Wildman–Crippen LogP) is 4.03. The summed E-state index contributed by atoms with van der Waals surface area (Å²) >= 11 is 0. The van der Waals surface area contributed by atoms with E-state index in [2.05, 4.69) is 15.6 Å².